The highest BCUT2D eigenvalue weighted by Crippen LogP contribution is 2.15. The summed E-state index contributed by atoms with van der Waals surface area (Å²) in [6.45, 7) is 7.19. The second kappa shape index (κ2) is 5.94. The molecule has 0 aliphatic carbocycles. The van der Waals surface area contributed by atoms with Gasteiger partial charge in [0, 0.05) is 6.04 Å². The SMILES string of the molecule is CCNC(C)C(C)Cc1ccc(F)c(F)c1. The zero-order valence-corrected chi connectivity index (χ0v) is 10.1. The summed E-state index contributed by atoms with van der Waals surface area (Å²) < 4.78 is 25.7. The van der Waals surface area contributed by atoms with E-state index in [1.807, 2.05) is 0 Å². The number of rotatable bonds is 5. The van der Waals surface area contributed by atoms with Crippen LogP contribution in [-0.4, -0.2) is 12.6 Å². The van der Waals surface area contributed by atoms with Gasteiger partial charge in [0.25, 0.3) is 0 Å². The number of hydrogen-bond acceptors (Lipinski definition) is 1. The Morgan fingerprint density at radius 1 is 1.19 bits per heavy atom. The largest absolute Gasteiger partial charge is 0.314 e. The van der Waals surface area contributed by atoms with Crippen molar-refractivity contribution in [2.75, 3.05) is 6.54 Å². The van der Waals surface area contributed by atoms with Gasteiger partial charge in [-0.1, -0.05) is 19.9 Å². The molecule has 0 saturated heterocycles. The van der Waals surface area contributed by atoms with E-state index in [-0.39, 0.29) is 0 Å². The average molecular weight is 227 g/mol. The number of benzene rings is 1. The standard InChI is InChI=1S/C13H19F2N/c1-4-16-10(3)9(2)7-11-5-6-12(14)13(15)8-11/h5-6,8-10,16H,4,7H2,1-3H3. The molecule has 2 unspecified atom stereocenters. The summed E-state index contributed by atoms with van der Waals surface area (Å²) in [6, 6.07) is 4.49. The maximum Gasteiger partial charge on any atom is 0.159 e. The minimum atomic E-state index is -0.781. The third kappa shape index (κ3) is 3.56. The molecule has 0 saturated carbocycles. The van der Waals surface area contributed by atoms with Gasteiger partial charge < -0.3 is 5.32 Å². The summed E-state index contributed by atoms with van der Waals surface area (Å²) in [5.41, 5.74) is 0.844. The Morgan fingerprint density at radius 2 is 1.88 bits per heavy atom. The molecule has 1 aromatic rings. The van der Waals surface area contributed by atoms with E-state index < -0.39 is 11.6 Å². The lowest BCUT2D eigenvalue weighted by molar-refractivity contribution is 0.405. The van der Waals surface area contributed by atoms with Crippen LogP contribution >= 0.6 is 0 Å². The van der Waals surface area contributed by atoms with Crippen molar-refractivity contribution < 1.29 is 8.78 Å². The van der Waals surface area contributed by atoms with Gasteiger partial charge in [-0.05, 0) is 43.5 Å². The lowest BCUT2D eigenvalue weighted by atomic mass is 9.95. The van der Waals surface area contributed by atoms with Gasteiger partial charge in [-0.15, -0.1) is 0 Å². The van der Waals surface area contributed by atoms with Crippen LogP contribution in [0, 0.1) is 17.6 Å². The molecule has 3 heteroatoms. The van der Waals surface area contributed by atoms with Gasteiger partial charge in [0.05, 0.1) is 0 Å². The minimum absolute atomic E-state index is 0.373. The van der Waals surface area contributed by atoms with Crippen molar-refractivity contribution in [1.29, 1.82) is 0 Å². The van der Waals surface area contributed by atoms with Crippen LogP contribution in [0.4, 0.5) is 8.78 Å². The first-order chi connectivity index (χ1) is 7.54. The van der Waals surface area contributed by atoms with Gasteiger partial charge in [-0.2, -0.15) is 0 Å². The van der Waals surface area contributed by atoms with Crippen molar-refractivity contribution in [1.82, 2.24) is 5.32 Å². The summed E-state index contributed by atoms with van der Waals surface area (Å²) in [5, 5.41) is 3.32. The van der Waals surface area contributed by atoms with Crippen molar-refractivity contribution in [3.8, 4) is 0 Å². The molecule has 1 nitrogen and oxygen atoms in total. The summed E-state index contributed by atoms with van der Waals surface area (Å²) in [6.07, 6.45) is 0.755. The number of hydrogen-bond donors (Lipinski definition) is 1. The van der Waals surface area contributed by atoms with Crippen molar-refractivity contribution in [3.05, 3.63) is 35.4 Å². The third-order valence-corrected chi connectivity index (χ3v) is 2.92. The molecule has 0 amide bonds. The maximum atomic E-state index is 13.0. The van der Waals surface area contributed by atoms with E-state index in [9.17, 15) is 8.78 Å². The molecule has 0 radical (unpaired) electrons. The van der Waals surface area contributed by atoms with Crippen LogP contribution in [0.3, 0.4) is 0 Å². The van der Waals surface area contributed by atoms with Crippen LogP contribution in [0.15, 0.2) is 18.2 Å². The minimum Gasteiger partial charge on any atom is -0.314 e. The zero-order chi connectivity index (χ0) is 12.1. The Labute approximate surface area is 95.9 Å². The van der Waals surface area contributed by atoms with Gasteiger partial charge >= 0.3 is 0 Å². The highest BCUT2D eigenvalue weighted by molar-refractivity contribution is 5.18. The topological polar surface area (TPSA) is 12.0 Å². The van der Waals surface area contributed by atoms with E-state index in [4.69, 9.17) is 0 Å². The molecule has 90 valence electrons. The van der Waals surface area contributed by atoms with E-state index in [2.05, 4.69) is 26.1 Å². The first-order valence-electron chi connectivity index (χ1n) is 5.72. The Kier molecular flexibility index (Phi) is 4.87. The van der Waals surface area contributed by atoms with Gasteiger partial charge in [-0.25, -0.2) is 8.78 Å². The van der Waals surface area contributed by atoms with Crippen LogP contribution in [0.5, 0.6) is 0 Å². The fraction of sp³-hybridized carbons (Fsp3) is 0.538. The predicted molar refractivity (Wildman–Crippen MR) is 62.4 cm³/mol. The second-order valence-electron chi connectivity index (χ2n) is 4.28. The first kappa shape index (κ1) is 13.1. The molecule has 1 N–H and O–H groups in total. The molecule has 0 spiro atoms. The van der Waals surface area contributed by atoms with Crippen LogP contribution in [0.2, 0.25) is 0 Å². The monoisotopic (exact) mass is 227 g/mol. The van der Waals surface area contributed by atoms with Crippen LogP contribution in [0.25, 0.3) is 0 Å². The molecule has 1 rings (SSSR count). The van der Waals surface area contributed by atoms with Crippen molar-refractivity contribution >= 4 is 0 Å². The molecule has 1 aromatic carbocycles. The van der Waals surface area contributed by atoms with Crippen LogP contribution in [0.1, 0.15) is 26.3 Å². The molecule has 16 heavy (non-hydrogen) atoms. The zero-order valence-electron chi connectivity index (χ0n) is 10.1. The summed E-state index contributed by atoms with van der Waals surface area (Å²) in [5.74, 6) is -1.15. The van der Waals surface area contributed by atoms with Crippen LogP contribution < -0.4 is 5.32 Å². The Hall–Kier alpha value is -0.960. The van der Waals surface area contributed by atoms with Crippen LogP contribution in [-0.2, 0) is 6.42 Å². The van der Waals surface area contributed by atoms with E-state index >= 15 is 0 Å². The highest BCUT2D eigenvalue weighted by Gasteiger charge is 2.12. The summed E-state index contributed by atoms with van der Waals surface area (Å²) in [4.78, 5) is 0. The normalized spacial score (nSPS) is 14.8. The second-order valence-corrected chi connectivity index (χ2v) is 4.28. The highest BCUT2D eigenvalue weighted by atomic mass is 19.2. The molecular formula is C13H19F2N. The maximum absolute atomic E-state index is 13.0. The van der Waals surface area contributed by atoms with Gasteiger partial charge in [0.1, 0.15) is 0 Å². The number of halogens is 2. The molecule has 0 bridgehead atoms. The van der Waals surface area contributed by atoms with E-state index in [0.717, 1.165) is 18.5 Å². The van der Waals surface area contributed by atoms with E-state index in [0.29, 0.717) is 12.0 Å². The number of nitrogens with one attached hydrogen (secondary N) is 1. The van der Waals surface area contributed by atoms with Gasteiger partial charge in [-0.3, -0.25) is 0 Å². The molecule has 0 aliphatic rings. The Balaban J connectivity index is 2.62. The Bertz CT molecular complexity index is 339. The van der Waals surface area contributed by atoms with Gasteiger partial charge in [0.2, 0.25) is 0 Å². The molecule has 0 heterocycles. The summed E-state index contributed by atoms with van der Waals surface area (Å²) >= 11 is 0. The van der Waals surface area contributed by atoms with Gasteiger partial charge in [0.15, 0.2) is 11.6 Å². The fourth-order valence-corrected chi connectivity index (χ4v) is 1.74. The molecule has 0 aliphatic heterocycles. The van der Waals surface area contributed by atoms with Crippen molar-refractivity contribution in [2.24, 2.45) is 5.92 Å². The third-order valence-electron chi connectivity index (χ3n) is 2.92. The summed E-state index contributed by atoms with van der Waals surface area (Å²) in [7, 11) is 0. The quantitative estimate of drug-likeness (QED) is 0.814. The fourth-order valence-electron chi connectivity index (χ4n) is 1.74. The molecule has 2 atom stereocenters. The van der Waals surface area contributed by atoms with Crippen molar-refractivity contribution in [2.45, 2.75) is 33.2 Å². The molecule has 0 aromatic heterocycles. The smallest absolute Gasteiger partial charge is 0.159 e. The van der Waals surface area contributed by atoms with E-state index in [1.54, 1.807) is 6.07 Å². The first-order valence-corrected chi connectivity index (χ1v) is 5.72. The van der Waals surface area contributed by atoms with E-state index in [1.165, 1.54) is 12.1 Å². The lowest BCUT2D eigenvalue weighted by Gasteiger charge is -2.20. The Morgan fingerprint density at radius 3 is 2.44 bits per heavy atom. The predicted octanol–water partition coefficient (Wildman–Crippen LogP) is 3.14. The lowest BCUT2D eigenvalue weighted by Crippen LogP contribution is -2.32. The average Bonchev–Trinajstić information content (AvgIpc) is 2.24. The van der Waals surface area contributed by atoms with Crippen molar-refractivity contribution in [3.63, 3.8) is 0 Å². The molecule has 0 fully saturated rings. The molecular weight excluding hydrogens is 208 g/mol.